The van der Waals surface area contributed by atoms with E-state index in [9.17, 15) is 5.26 Å². The largest absolute Gasteiger partial charge is 0.455 e. The number of rotatable bonds is 5. The number of nitriles is 1. The third kappa shape index (κ3) is 5.24. The summed E-state index contributed by atoms with van der Waals surface area (Å²) in [5.41, 5.74) is 9.00. The van der Waals surface area contributed by atoms with E-state index in [0.717, 1.165) is 89.1 Å². The Balaban J connectivity index is 1.00. The molecule has 9 aromatic rings. The van der Waals surface area contributed by atoms with E-state index < -0.39 is 0 Å². The summed E-state index contributed by atoms with van der Waals surface area (Å²) < 4.78 is 6.51. The number of aromatic nitrogens is 3. The molecule has 2 aromatic heterocycles. The monoisotopic (exact) mass is 734 g/mol. The van der Waals surface area contributed by atoms with Crippen LogP contribution in [0.1, 0.15) is 49.7 Å². The lowest BCUT2D eigenvalue weighted by atomic mass is 9.48. The van der Waals surface area contributed by atoms with Crippen LogP contribution in [-0.2, 0) is 5.41 Å². The Labute approximate surface area is 330 Å². The summed E-state index contributed by atoms with van der Waals surface area (Å²) in [4.78, 5) is 15.6. The van der Waals surface area contributed by atoms with Crippen molar-refractivity contribution in [2.45, 2.75) is 43.9 Å². The average Bonchev–Trinajstić information content (AvgIpc) is 3.64. The Kier molecular flexibility index (Phi) is 7.11. The first-order valence-electron chi connectivity index (χ1n) is 20.3. The van der Waals surface area contributed by atoms with Crippen molar-refractivity contribution < 1.29 is 4.42 Å². The van der Waals surface area contributed by atoms with Gasteiger partial charge in [-0.25, -0.2) is 15.0 Å². The van der Waals surface area contributed by atoms with Gasteiger partial charge in [-0.05, 0) is 130 Å². The van der Waals surface area contributed by atoms with Crippen LogP contribution >= 0.6 is 0 Å². The van der Waals surface area contributed by atoms with E-state index in [-0.39, 0.29) is 0 Å². The molecule has 57 heavy (non-hydrogen) atoms. The van der Waals surface area contributed by atoms with Crippen molar-refractivity contribution >= 4 is 43.5 Å². The molecule has 2 heterocycles. The quantitative estimate of drug-likeness (QED) is 0.165. The Morgan fingerprint density at radius 1 is 0.509 bits per heavy atom. The fourth-order valence-corrected chi connectivity index (χ4v) is 11.3. The third-order valence-corrected chi connectivity index (χ3v) is 13.5. The molecular weight excluding hydrogens is 697 g/mol. The first kappa shape index (κ1) is 32.6. The van der Waals surface area contributed by atoms with Crippen LogP contribution in [0.2, 0.25) is 0 Å². The first-order chi connectivity index (χ1) is 28.1. The Bertz CT molecular complexity index is 3100. The molecule has 0 saturated heterocycles. The van der Waals surface area contributed by atoms with Crippen molar-refractivity contribution in [2.75, 3.05) is 0 Å². The normalized spacial score (nSPS) is 21.1. The fourth-order valence-electron chi connectivity index (χ4n) is 11.3. The summed E-state index contributed by atoms with van der Waals surface area (Å²) in [6.45, 7) is 0. The van der Waals surface area contributed by atoms with Gasteiger partial charge in [0.1, 0.15) is 11.2 Å². The number of hydrogen-bond donors (Lipinski definition) is 0. The van der Waals surface area contributed by atoms with Crippen LogP contribution in [-0.4, -0.2) is 15.0 Å². The molecule has 0 radical (unpaired) electrons. The molecule has 7 aromatic carbocycles. The molecular formula is C52H38N4O. The predicted molar refractivity (Wildman–Crippen MR) is 228 cm³/mol. The summed E-state index contributed by atoms with van der Waals surface area (Å²) in [5, 5.41) is 16.2. The van der Waals surface area contributed by atoms with Crippen LogP contribution in [0.25, 0.3) is 88.8 Å². The molecule has 5 heteroatoms. The van der Waals surface area contributed by atoms with E-state index in [1.165, 1.54) is 44.1 Å². The number of fused-ring (bicyclic) bond motifs is 6. The molecule has 272 valence electrons. The molecule has 0 atom stereocenters. The van der Waals surface area contributed by atoms with Crippen molar-refractivity contribution in [1.82, 2.24) is 15.0 Å². The zero-order valence-electron chi connectivity index (χ0n) is 31.5. The zero-order chi connectivity index (χ0) is 37.7. The molecule has 0 amide bonds. The van der Waals surface area contributed by atoms with E-state index in [4.69, 9.17) is 19.4 Å². The molecule has 0 spiro atoms. The Morgan fingerprint density at radius 3 is 1.95 bits per heavy atom. The molecule has 5 nitrogen and oxygen atoms in total. The first-order valence-corrected chi connectivity index (χ1v) is 20.3. The van der Waals surface area contributed by atoms with Crippen molar-refractivity contribution in [3.63, 3.8) is 0 Å². The molecule has 4 fully saturated rings. The van der Waals surface area contributed by atoms with Crippen molar-refractivity contribution in [3.05, 3.63) is 151 Å². The van der Waals surface area contributed by atoms with Gasteiger partial charge in [-0.2, -0.15) is 5.26 Å². The standard InChI is InChI=1S/C52H38N4O/c53-30-31-14-15-35-18-21-42-40(9-4-10-41(42)46(35)25-31)37-6-3-7-38(26-37)50-54-49(36-16-19-39(20-17-36)52-27-32-22-33(28-52)24-34(23-32)29-52)55-51(56-50)45-12-5-11-44-43-8-1-2-13-47(43)57-48(44)45/h1-21,25-26,32-34H,22-24,27-29H2. The van der Waals surface area contributed by atoms with Crippen LogP contribution in [0.4, 0.5) is 0 Å². The second kappa shape index (κ2) is 12.4. The SMILES string of the molecule is N#Cc1ccc2ccc3c(-c4cccc(-c5nc(-c6ccc(C78CC9CC(CC(C9)C7)C8)cc6)nc(-c6cccc7c6oc6ccccc67)n5)c4)cccc3c2c1. The van der Waals surface area contributed by atoms with Gasteiger partial charge in [0, 0.05) is 21.9 Å². The van der Waals surface area contributed by atoms with Gasteiger partial charge < -0.3 is 4.42 Å². The number of nitrogens with zero attached hydrogens (tertiary/aromatic N) is 4. The summed E-state index contributed by atoms with van der Waals surface area (Å²) >= 11 is 0. The number of furan rings is 1. The van der Waals surface area contributed by atoms with Gasteiger partial charge in [0.15, 0.2) is 17.5 Å². The predicted octanol–water partition coefficient (Wildman–Crippen LogP) is 13.1. The minimum absolute atomic E-state index is 0.325. The van der Waals surface area contributed by atoms with Crippen molar-refractivity contribution in [3.8, 4) is 51.4 Å². The molecule has 0 aliphatic heterocycles. The maximum absolute atomic E-state index is 9.65. The lowest BCUT2D eigenvalue weighted by Crippen LogP contribution is -2.48. The fraction of sp³-hybridized carbons (Fsp3) is 0.192. The summed E-state index contributed by atoms with van der Waals surface area (Å²) in [7, 11) is 0. The van der Waals surface area contributed by atoms with Gasteiger partial charge >= 0.3 is 0 Å². The molecule has 0 N–H and O–H groups in total. The van der Waals surface area contributed by atoms with E-state index in [0.29, 0.717) is 28.5 Å². The molecule has 4 aliphatic rings. The van der Waals surface area contributed by atoms with E-state index >= 15 is 0 Å². The van der Waals surface area contributed by atoms with Gasteiger partial charge in [0.25, 0.3) is 0 Å². The van der Waals surface area contributed by atoms with Crippen LogP contribution in [0, 0.1) is 29.1 Å². The highest BCUT2D eigenvalue weighted by Gasteiger charge is 2.51. The highest BCUT2D eigenvalue weighted by Crippen LogP contribution is 2.60. The lowest BCUT2D eigenvalue weighted by molar-refractivity contribution is -0.00518. The minimum atomic E-state index is 0.325. The summed E-state index contributed by atoms with van der Waals surface area (Å²) in [5.74, 6) is 4.53. The second-order valence-corrected chi connectivity index (χ2v) is 17.0. The number of hydrogen-bond acceptors (Lipinski definition) is 5. The van der Waals surface area contributed by atoms with E-state index in [1.54, 1.807) is 0 Å². The van der Waals surface area contributed by atoms with Gasteiger partial charge in [-0.1, -0.05) is 109 Å². The maximum atomic E-state index is 9.65. The number of para-hydroxylation sites is 2. The second-order valence-electron chi connectivity index (χ2n) is 17.0. The highest BCUT2D eigenvalue weighted by molar-refractivity contribution is 6.12. The molecule has 13 rings (SSSR count). The Hall–Kier alpha value is -6.64. The number of benzene rings is 7. The molecule has 0 unspecified atom stereocenters. The Morgan fingerprint density at radius 2 is 1.16 bits per heavy atom. The maximum Gasteiger partial charge on any atom is 0.167 e. The van der Waals surface area contributed by atoms with Crippen LogP contribution in [0.15, 0.2) is 144 Å². The van der Waals surface area contributed by atoms with Crippen LogP contribution in [0.3, 0.4) is 0 Å². The lowest BCUT2D eigenvalue weighted by Gasteiger charge is -2.57. The minimum Gasteiger partial charge on any atom is -0.455 e. The third-order valence-electron chi connectivity index (χ3n) is 13.5. The van der Waals surface area contributed by atoms with Crippen molar-refractivity contribution in [2.24, 2.45) is 17.8 Å². The van der Waals surface area contributed by atoms with Crippen LogP contribution in [0.5, 0.6) is 0 Å². The van der Waals surface area contributed by atoms with Crippen molar-refractivity contribution in [1.29, 1.82) is 5.26 Å². The highest BCUT2D eigenvalue weighted by atomic mass is 16.3. The summed E-state index contributed by atoms with van der Waals surface area (Å²) in [6.07, 6.45) is 8.33. The van der Waals surface area contributed by atoms with Gasteiger partial charge in [-0.15, -0.1) is 0 Å². The smallest absolute Gasteiger partial charge is 0.167 e. The molecule has 4 saturated carbocycles. The molecule has 4 aliphatic carbocycles. The zero-order valence-corrected chi connectivity index (χ0v) is 31.5. The van der Waals surface area contributed by atoms with Crippen LogP contribution < -0.4 is 0 Å². The van der Waals surface area contributed by atoms with E-state index in [2.05, 4.69) is 109 Å². The summed E-state index contributed by atoms with van der Waals surface area (Å²) in [6, 6.07) is 51.1. The molecule has 4 bridgehead atoms. The van der Waals surface area contributed by atoms with Gasteiger partial charge in [0.2, 0.25) is 0 Å². The van der Waals surface area contributed by atoms with Gasteiger partial charge in [0.05, 0.1) is 17.2 Å². The topological polar surface area (TPSA) is 75.6 Å². The van der Waals surface area contributed by atoms with Gasteiger partial charge in [-0.3, -0.25) is 0 Å². The van der Waals surface area contributed by atoms with E-state index in [1.807, 2.05) is 36.4 Å². The average molecular weight is 735 g/mol.